The molecule has 0 unspecified atom stereocenters. The van der Waals surface area contributed by atoms with Gasteiger partial charge in [0.1, 0.15) is 11.6 Å². The average molecular weight is 285 g/mol. The normalized spacial score (nSPS) is 14.5. The molecular formula is C16H23N5. The number of hydrogen-bond acceptors (Lipinski definition) is 4. The number of nitrogens with zero attached hydrogens (tertiary/aromatic N) is 4. The van der Waals surface area contributed by atoms with E-state index in [1.165, 1.54) is 0 Å². The fourth-order valence-electron chi connectivity index (χ4n) is 2.60. The third-order valence-electron chi connectivity index (χ3n) is 3.72. The highest BCUT2D eigenvalue weighted by Crippen LogP contribution is 2.18. The van der Waals surface area contributed by atoms with Gasteiger partial charge in [-0.25, -0.2) is 9.97 Å². The Bertz CT molecular complexity index is 590. The van der Waals surface area contributed by atoms with E-state index in [1.807, 2.05) is 12.4 Å². The Hall–Kier alpha value is -1.88. The maximum atomic E-state index is 4.78. The van der Waals surface area contributed by atoms with E-state index in [9.17, 15) is 0 Å². The first-order chi connectivity index (χ1) is 10.2. The van der Waals surface area contributed by atoms with Crippen LogP contribution in [0.5, 0.6) is 0 Å². The molecule has 21 heavy (non-hydrogen) atoms. The lowest BCUT2D eigenvalue weighted by Crippen LogP contribution is -2.34. The van der Waals surface area contributed by atoms with Gasteiger partial charge in [-0.15, -0.1) is 0 Å². The maximum Gasteiger partial charge on any atom is 0.129 e. The Morgan fingerprint density at radius 3 is 3.05 bits per heavy atom. The minimum absolute atomic E-state index is 0.661. The summed E-state index contributed by atoms with van der Waals surface area (Å²) >= 11 is 0. The molecule has 1 aliphatic heterocycles. The highest BCUT2D eigenvalue weighted by atomic mass is 15.3. The summed E-state index contributed by atoms with van der Waals surface area (Å²) in [6, 6.07) is 6.27. The van der Waals surface area contributed by atoms with Gasteiger partial charge in [0.2, 0.25) is 0 Å². The van der Waals surface area contributed by atoms with E-state index in [4.69, 9.17) is 4.98 Å². The highest BCUT2D eigenvalue weighted by Gasteiger charge is 2.17. The van der Waals surface area contributed by atoms with Crippen LogP contribution in [0.1, 0.15) is 25.4 Å². The van der Waals surface area contributed by atoms with Crippen molar-refractivity contribution in [3.05, 3.63) is 42.1 Å². The fourth-order valence-corrected chi connectivity index (χ4v) is 2.60. The van der Waals surface area contributed by atoms with Gasteiger partial charge in [-0.3, -0.25) is 0 Å². The van der Waals surface area contributed by atoms with E-state index >= 15 is 0 Å². The molecule has 5 nitrogen and oxygen atoms in total. The molecule has 3 heterocycles. The summed E-state index contributed by atoms with van der Waals surface area (Å²) < 4.78 is 2.21. The molecule has 0 saturated carbocycles. The van der Waals surface area contributed by atoms with Gasteiger partial charge in [0, 0.05) is 32.0 Å². The van der Waals surface area contributed by atoms with Crippen LogP contribution < -0.4 is 10.2 Å². The summed E-state index contributed by atoms with van der Waals surface area (Å²) in [5, 5.41) is 3.45. The molecule has 112 valence electrons. The number of pyridine rings is 1. The van der Waals surface area contributed by atoms with Crippen molar-refractivity contribution in [2.24, 2.45) is 5.92 Å². The van der Waals surface area contributed by atoms with E-state index in [0.717, 1.165) is 50.1 Å². The zero-order chi connectivity index (χ0) is 14.7. The molecule has 0 amide bonds. The Morgan fingerprint density at radius 2 is 2.19 bits per heavy atom. The predicted octanol–water partition coefficient (Wildman–Crippen LogP) is 2.04. The van der Waals surface area contributed by atoms with Crippen molar-refractivity contribution in [3.63, 3.8) is 0 Å². The largest absolute Gasteiger partial charge is 0.347 e. The molecular weight excluding hydrogens is 262 g/mol. The molecule has 0 spiro atoms. The van der Waals surface area contributed by atoms with Crippen LogP contribution in [-0.4, -0.2) is 27.6 Å². The summed E-state index contributed by atoms with van der Waals surface area (Å²) in [6.45, 7) is 9.08. The fraction of sp³-hybridized carbons (Fsp3) is 0.500. The quantitative estimate of drug-likeness (QED) is 0.913. The molecule has 1 N–H and O–H groups in total. The zero-order valence-corrected chi connectivity index (χ0v) is 12.8. The van der Waals surface area contributed by atoms with Gasteiger partial charge in [0.25, 0.3) is 0 Å². The number of anilines is 1. The SMILES string of the molecule is CC(C)CNCc1cccc(N2CCn3ccnc3C2)n1. The van der Waals surface area contributed by atoms with Crippen molar-refractivity contribution in [1.82, 2.24) is 19.9 Å². The summed E-state index contributed by atoms with van der Waals surface area (Å²) in [6.07, 6.45) is 3.92. The summed E-state index contributed by atoms with van der Waals surface area (Å²) in [5.74, 6) is 2.83. The smallest absolute Gasteiger partial charge is 0.129 e. The first-order valence-corrected chi connectivity index (χ1v) is 7.64. The standard InChI is InChI=1S/C16H23N5/c1-13(2)10-17-11-14-4-3-5-15(19-14)21-9-8-20-7-6-18-16(20)12-21/h3-7,13,17H,8-12H2,1-2H3. The Kier molecular flexibility index (Phi) is 4.20. The number of imidazole rings is 1. The zero-order valence-electron chi connectivity index (χ0n) is 12.8. The van der Waals surface area contributed by atoms with E-state index in [0.29, 0.717) is 5.92 Å². The second kappa shape index (κ2) is 6.26. The van der Waals surface area contributed by atoms with Gasteiger partial charge < -0.3 is 14.8 Å². The summed E-state index contributed by atoms with van der Waals surface area (Å²) in [7, 11) is 0. The lowest BCUT2D eigenvalue weighted by molar-refractivity contribution is 0.543. The van der Waals surface area contributed by atoms with Gasteiger partial charge in [-0.1, -0.05) is 19.9 Å². The van der Waals surface area contributed by atoms with Crippen LogP contribution in [0.25, 0.3) is 0 Å². The lowest BCUT2D eigenvalue weighted by Gasteiger charge is -2.28. The predicted molar refractivity (Wildman–Crippen MR) is 84.1 cm³/mol. The Balaban J connectivity index is 1.66. The molecule has 3 rings (SSSR count). The molecule has 0 saturated heterocycles. The van der Waals surface area contributed by atoms with Gasteiger partial charge in [0.05, 0.1) is 12.2 Å². The van der Waals surface area contributed by atoms with Crippen molar-refractivity contribution >= 4 is 5.82 Å². The molecule has 0 bridgehead atoms. The van der Waals surface area contributed by atoms with Crippen LogP contribution in [0.3, 0.4) is 0 Å². The van der Waals surface area contributed by atoms with Crippen molar-refractivity contribution in [1.29, 1.82) is 0 Å². The average Bonchev–Trinajstić information content (AvgIpc) is 2.94. The summed E-state index contributed by atoms with van der Waals surface area (Å²) in [5.41, 5.74) is 1.10. The van der Waals surface area contributed by atoms with Crippen molar-refractivity contribution in [3.8, 4) is 0 Å². The van der Waals surface area contributed by atoms with Crippen molar-refractivity contribution in [2.45, 2.75) is 33.5 Å². The third kappa shape index (κ3) is 3.42. The second-order valence-electron chi connectivity index (χ2n) is 5.97. The van der Waals surface area contributed by atoms with E-state index in [-0.39, 0.29) is 0 Å². The first-order valence-electron chi connectivity index (χ1n) is 7.64. The van der Waals surface area contributed by atoms with E-state index in [2.05, 4.69) is 51.8 Å². The third-order valence-corrected chi connectivity index (χ3v) is 3.72. The maximum absolute atomic E-state index is 4.78. The molecule has 0 fully saturated rings. The van der Waals surface area contributed by atoms with Crippen molar-refractivity contribution in [2.75, 3.05) is 18.0 Å². The van der Waals surface area contributed by atoms with E-state index < -0.39 is 0 Å². The lowest BCUT2D eigenvalue weighted by atomic mass is 10.2. The Labute approximate surface area is 126 Å². The molecule has 2 aromatic rings. The highest BCUT2D eigenvalue weighted by molar-refractivity contribution is 5.40. The van der Waals surface area contributed by atoms with Gasteiger partial charge >= 0.3 is 0 Å². The molecule has 5 heteroatoms. The Morgan fingerprint density at radius 1 is 1.29 bits per heavy atom. The van der Waals surface area contributed by atoms with Gasteiger partial charge in [0.15, 0.2) is 0 Å². The van der Waals surface area contributed by atoms with Crippen LogP contribution in [0.2, 0.25) is 0 Å². The first kappa shape index (κ1) is 14.1. The van der Waals surface area contributed by atoms with E-state index in [1.54, 1.807) is 0 Å². The van der Waals surface area contributed by atoms with Crippen LogP contribution in [0, 0.1) is 5.92 Å². The van der Waals surface area contributed by atoms with Crippen LogP contribution in [0.4, 0.5) is 5.82 Å². The van der Waals surface area contributed by atoms with Crippen LogP contribution in [-0.2, 0) is 19.6 Å². The minimum atomic E-state index is 0.661. The molecule has 0 aliphatic carbocycles. The molecule has 2 aromatic heterocycles. The number of fused-ring (bicyclic) bond motifs is 1. The van der Waals surface area contributed by atoms with Gasteiger partial charge in [-0.05, 0) is 24.6 Å². The molecule has 0 atom stereocenters. The second-order valence-corrected chi connectivity index (χ2v) is 5.97. The topological polar surface area (TPSA) is 46.0 Å². The van der Waals surface area contributed by atoms with Crippen LogP contribution >= 0.6 is 0 Å². The van der Waals surface area contributed by atoms with Crippen molar-refractivity contribution < 1.29 is 0 Å². The minimum Gasteiger partial charge on any atom is -0.347 e. The monoisotopic (exact) mass is 285 g/mol. The molecule has 0 aromatic carbocycles. The number of aromatic nitrogens is 3. The number of hydrogen-bond donors (Lipinski definition) is 1. The van der Waals surface area contributed by atoms with Gasteiger partial charge in [-0.2, -0.15) is 0 Å². The molecule has 0 radical (unpaired) electrons. The summed E-state index contributed by atoms with van der Waals surface area (Å²) in [4.78, 5) is 11.5. The van der Waals surface area contributed by atoms with Crippen LogP contribution in [0.15, 0.2) is 30.6 Å². The number of nitrogens with one attached hydrogen (secondary N) is 1. The molecule has 1 aliphatic rings. The number of rotatable bonds is 5.